The van der Waals surface area contributed by atoms with E-state index < -0.39 is 0 Å². The molecule has 0 radical (unpaired) electrons. The summed E-state index contributed by atoms with van der Waals surface area (Å²) >= 11 is 0. The molecule has 0 amide bonds. The quantitative estimate of drug-likeness (QED) is 0.544. The summed E-state index contributed by atoms with van der Waals surface area (Å²) in [4.78, 5) is 10.7. The van der Waals surface area contributed by atoms with Gasteiger partial charge in [-0.25, -0.2) is 0 Å². The van der Waals surface area contributed by atoms with Crippen molar-refractivity contribution in [2.45, 2.75) is 20.3 Å². The average Bonchev–Trinajstić information content (AvgIpc) is 1.97. The molecule has 0 aromatic carbocycles. The Bertz CT molecular complexity index is 116. The zero-order valence-electron chi connectivity index (χ0n) is 6.59. The number of allylic oxidation sites excluding steroid dienone is 1. The topological polar surface area (TPSA) is 26.3 Å². The summed E-state index contributed by atoms with van der Waals surface area (Å²) in [6.07, 6.45) is 4.30. The summed E-state index contributed by atoms with van der Waals surface area (Å²) in [5.41, 5.74) is 0. The second kappa shape index (κ2) is 6.49. The van der Waals surface area contributed by atoms with E-state index in [1.807, 2.05) is 19.9 Å². The Kier molecular flexibility index (Phi) is 6.08. The summed E-state index contributed by atoms with van der Waals surface area (Å²) < 4.78 is 4.89. The third-order valence-corrected chi connectivity index (χ3v) is 0.988. The van der Waals surface area contributed by atoms with Crippen molar-refractivity contribution in [2.75, 3.05) is 13.2 Å². The van der Waals surface area contributed by atoms with Crippen molar-refractivity contribution in [1.82, 2.24) is 0 Å². The Morgan fingerprint density at radius 1 is 1.50 bits per heavy atom. The maximum absolute atomic E-state index is 10.7. The van der Waals surface area contributed by atoms with Crippen LogP contribution < -0.4 is 0 Å². The lowest BCUT2D eigenvalue weighted by molar-refractivity contribution is -0.118. The number of hydrogen-bond acceptors (Lipinski definition) is 2. The van der Waals surface area contributed by atoms with E-state index in [9.17, 15) is 4.79 Å². The van der Waals surface area contributed by atoms with Crippen molar-refractivity contribution in [1.29, 1.82) is 0 Å². The lowest BCUT2D eigenvalue weighted by Crippen LogP contribution is -2.04. The predicted octanol–water partition coefficient (Wildman–Crippen LogP) is 1.56. The van der Waals surface area contributed by atoms with Crippen LogP contribution in [0.5, 0.6) is 0 Å². The van der Waals surface area contributed by atoms with Crippen molar-refractivity contribution in [2.24, 2.45) is 0 Å². The summed E-state index contributed by atoms with van der Waals surface area (Å²) in [5, 5.41) is 0. The van der Waals surface area contributed by atoms with Gasteiger partial charge in [0.2, 0.25) is 0 Å². The van der Waals surface area contributed by atoms with Crippen molar-refractivity contribution in [3.63, 3.8) is 0 Å². The van der Waals surface area contributed by atoms with Crippen LogP contribution in [0, 0.1) is 0 Å². The lowest BCUT2D eigenvalue weighted by atomic mass is 10.3. The third kappa shape index (κ3) is 5.51. The van der Waals surface area contributed by atoms with Gasteiger partial charge in [-0.05, 0) is 19.4 Å². The minimum absolute atomic E-state index is 0.0451. The van der Waals surface area contributed by atoms with Crippen LogP contribution in [0.25, 0.3) is 0 Å². The molecule has 0 atom stereocenters. The molecule has 0 bridgehead atoms. The molecule has 2 nitrogen and oxygen atoms in total. The molecule has 2 heteroatoms. The minimum atomic E-state index is 0.0451. The van der Waals surface area contributed by atoms with Gasteiger partial charge in [0.05, 0.1) is 0 Å². The van der Waals surface area contributed by atoms with Crippen LogP contribution in [-0.4, -0.2) is 19.0 Å². The van der Waals surface area contributed by atoms with Crippen LogP contribution in [0.15, 0.2) is 12.2 Å². The fraction of sp³-hybridized carbons (Fsp3) is 0.625. The van der Waals surface area contributed by atoms with Crippen LogP contribution in [0.1, 0.15) is 20.3 Å². The largest absolute Gasteiger partial charge is 0.374 e. The molecule has 0 spiro atoms. The number of carbonyl (C=O) groups excluding carboxylic acids is 1. The molecule has 0 aliphatic rings. The highest BCUT2D eigenvalue weighted by Gasteiger charge is 1.92. The van der Waals surface area contributed by atoms with E-state index in [0.717, 1.165) is 6.42 Å². The second-order valence-corrected chi connectivity index (χ2v) is 1.91. The molecular formula is C8H14O2. The first kappa shape index (κ1) is 9.37. The van der Waals surface area contributed by atoms with Crippen LogP contribution in [0.2, 0.25) is 0 Å². The third-order valence-electron chi connectivity index (χ3n) is 0.988. The summed E-state index contributed by atoms with van der Waals surface area (Å²) in [6.45, 7) is 4.68. The molecule has 0 aliphatic carbocycles. The number of hydrogen-bond donors (Lipinski definition) is 0. The first-order valence-corrected chi connectivity index (χ1v) is 3.58. The Morgan fingerprint density at radius 2 is 2.20 bits per heavy atom. The van der Waals surface area contributed by atoms with Crippen LogP contribution in [0.4, 0.5) is 0 Å². The fourth-order valence-electron chi connectivity index (χ4n) is 0.500. The smallest absolute Gasteiger partial charge is 0.180 e. The molecule has 0 aromatic heterocycles. The van der Waals surface area contributed by atoms with E-state index in [0.29, 0.717) is 6.61 Å². The highest BCUT2D eigenvalue weighted by Crippen LogP contribution is 1.83. The molecule has 0 N–H and O–H groups in total. The van der Waals surface area contributed by atoms with Gasteiger partial charge in [0.1, 0.15) is 6.61 Å². The van der Waals surface area contributed by atoms with E-state index in [-0.39, 0.29) is 12.4 Å². The summed E-state index contributed by atoms with van der Waals surface area (Å²) in [5.74, 6) is 0.0451. The van der Waals surface area contributed by atoms with Crippen LogP contribution in [0.3, 0.4) is 0 Å². The van der Waals surface area contributed by atoms with Gasteiger partial charge in [-0.2, -0.15) is 0 Å². The molecule has 0 fully saturated rings. The van der Waals surface area contributed by atoms with Crippen LogP contribution in [-0.2, 0) is 9.53 Å². The van der Waals surface area contributed by atoms with Gasteiger partial charge in [0.25, 0.3) is 0 Å². The van der Waals surface area contributed by atoms with Gasteiger partial charge in [0.15, 0.2) is 5.78 Å². The minimum Gasteiger partial charge on any atom is -0.374 e. The Morgan fingerprint density at radius 3 is 2.70 bits per heavy atom. The van der Waals surface area contributed by atoms with E-state index in [1.54, 1.807) is 6.08 Å². The van der Waals surface area contributed by atoms with Gasteiger partial charge >= 0.3 is 0 Å². The standard InChI is InChI=1S/C8H14O2/c1-3-5-6-8(9)7-10-4-2/h5-6H,3-4,7H2,1-2H3/b6-5+. The monoisotopic (exact) mass is 142 g/mol. The van der Waals surface area contributed by atoms with E-state index in [2.05, 4.69) is 0 Å². The molecule has 0 saturated carbocycles. The number of carbonyl (C=O) groups is 1. The first-order chi connectivity index (χ1) is 4.81. The fourth-order valence-corrected chi connectivity index (χ4v) is 0.500. The second-order valence-electron chi connectivity index (χ2n) is 1.91. The van der Waals surface area contributed by atoms with Gasteiger partial charge in [-0.3, -0.25) is 4.79 Å². The highest BCUT2D eigenvalue weighted by atomic mass is 16.5. The van der Waals surface area contributed by atoms with Crippen molar-refractivity contribution >= 4 is 5.78 Å². The molecular weight excluding hydrogens is 128 g/mol. The van der Waals surface area contributed by atoms with Gasteiger partial charge in [-0.15, -0.1) is 0 Å². The lowest BCUT2D eigenvalue weighted by Gasteiger charge is -1.93. The maximum Gasteiger partial charge on any atom is 0.180 e. The van der Waals surface area contributed by atoms with Crippen molar-refractivity contribution < 1.29 is 9.53 Å². The SMILES string of the molecule is CC/C=C/C(=O)COCC. The summed E-state index contributed by atoms with van der Waals surface area (Å²) in [6, 6.07) is 0. The van der Waals surface area contributed by atoms with Gasteiger partial charge in [0, 0.05) is 6.61 Å². The normalized spacial score (nSPS) is 10.6. The van der Waals surface area contributed by atoms with Crippen molar-refractivity contribution in [3.05, 3.63) is 12.2 Å². The predicted molar refractivity (Wildman–Crippen MR) is 40.9 cm³/mol. The average molecular weight is 142 g/mol. The zero-order chi connectivity index (χ0) is 7.82. The first-order valence-electron chi connectivity index (χ1n) is 3.58. The molecule has 0 aromatic rings. The number of ketones is 1. The molecule has 0 rings (SSSR count). The number of ether oxygens (including phenoxy) is 1. The summed E-state index contributed by atoms with van der Waals surface area (Å²) in [7, 11) is 0. The molecule has 10 heavy (non-hydrogen) atoms. The van der Waals surface area contributed by atoms with Crippen molar-refractivity contribution in [3.8, 4) is 0 Å². The maximum atomic E-state index is 10.7. The van der Waals surface area contributed by atoms with Crippen LogP contribution >= 0.6 is 0 Å². The zero-order valence-corrected chi connectivity index (χ0v) is 6.59. The number of rotatable bonds is 5. The molecule has 58 valence electrons. The van der Waals surface area contributed by atoms with E-state index >= 15 is 0 Å². The molecule has 0 heterocycles. The molecule has 0 unspecified atom stereocenters. The Balaban J connectivity index is 3.34. The molecule has 0 saturated heterocycles. The van der Waals surface area contributed by atoms with E-state index in [1.165, 1.54) is 0 Å². The Hall–Kier alpha value is -0.630. The van der Waals surface area contributed by atoms with Gasteiger partial charge < -0.3 is 4.74 Å². The van der Waals surface area contributed by atoms with Gasteiger partial charge in [-0.1, -0.05) is 13.0 Å². The molecule has 0 aliphatic heterocycles. The Labute approximate surface area is 61.9 Å². The highest BCUT2D eigenvalue weighted by molar-refractivity contribution is 5.90. The van der Waals surface area contributed by atoms with E-state index in [4.69, 9.17) is 4.74 Å².